The molecular weight excluding hydrogens is 216 g/mol. The highest BCUT2D eigenvalue weighted by Gasteiger charge is 2.25. The molecule has 100 valence electrons. The monoisotopic (exact) mass is 242 g/mol. The molecule has 0 aromatic heterocycles. The van der Waals surface area contributed by atoms with Gasteiger partial charge in [0.25, 0.3) is 0 Å². The Bertz CT molecular complexity index is 225. The molecule has 0 bridgehead atoms. The molecule has 1 rings (SSSR count). The van der Waals surface area contributed by atoms with Crippen LogP contribution in [0.1, 0.15) is 32.6 Å². The largest absolute Gasteiger partial charge is 0.384 e. The van der Waals surface area contributed by atoms with Crippen molar-refractivity contribution in [2.45, 2.75) is 32.6 Å². The summed E-state index contributed by atoms with van der Waals surface area (Å²) in [6.45, 7) is 4.25. The van der Waals surface area contributed by atoms with E-state index in [9.17, 15) is 4.79 Å². The summed E-state index contributed by atoms with van der Waals surface area (Å²) in [6, 6.07) is 0. The summed E-state index contributed by atoms with van der Waals surface area (Å²) in [6.07, 6.45) is 4.18. The van der Waals surface area contributed by atoms with E-state index in [1.807, 2.05) is 0 Å². The molecule has 0 aromatic carbocycles. The van der Waals surface area contributed by atoms with Gasteiger partial charge in [-0.3, -0.25) is 4.79 Å². The summed E-state index contributed by atoms with van der Waals surface area (Å²) in [5.41, 5.74) is 5.64. The molecule has 0 aromatic rings. The van der Waals surface area contributed by atoms with E-state index in [1.54, 1.807) is 7.11 Å². The van der Waals surface area contributed by atoms with Crippen LogP contribution in [0.25, 0.3) is 0 Å². The summed E-state index contributed by atoms with van der Waals surface area (Å²) < 4.78 is 5.04. The Hall–Kier alpha value is -0.610. The fourth-order valence-corrected chi connectivity index (χ4v) is 2.42. The minimum Gasteiger partial charge on any atom is -0.384 e. The standard InChI is InChI=1S/C13H26N2O2/c1-10(9-17-2)8-15-13(16)12-5-3-11(7-14)4-6-12/h10-12H,3-9,14H2,1-2H3,(H,15,16). The summed E-state index contributed by atoms with van der Waals surface area (Å²) in [4.78, 5) is 11.9. The molecule has 1 unspecified atom stereocenters. The van der Waals surface area contributed by atoms with Crippen molar-refractivity contribution in [3.05, 3.63) is 0 Å². The highest BCUT2D eigenvalue weighted by Crippen LogP contribution is 2.28. The van der Waals surface area contributed by atoms with Crippen LogP contribution in [0.15, 0.2) is 0 Å². The van der Waals surface area contributed by atoms with Crippen LogP contribution in [0.4, 0.5) is 0 Å². The molecule has 0 radical (unpaired) electrons. The maximum absolute atomic E-state index is 11.9. The van der Waals surface area contributed by atoms with Crippen molar-refractivity contribution in [1.82, 2.24) is 5.32 Å². The molecule has 1 amide bonds. The maximum atomic E-state index is 11.9. The molecule has 0 aliphatic heterocycles. The fourth-order valence-electron chi connectivity index (χ4n) is 2.42. The van der Waals surface area contributed by atoms with Crippen LogP contribution in [-0.4, -0.2) is 32.7 Å². The van der Waals surface area contributed by atoms with E-state index in [0.29, 0.717) is 25.0 Å². The molecule has 4 nitrogen and oxygen atoms in total. The number of nitrogens with two attached hydrogens (primary N) is 1. The predicted octanol–water partition coefficient (Wildman–Crippen LogP) is 1.15. The quantitative estimate of drug-likeness (QED) is 0.734. The smallest absolute Gasteiger partial charge is 0.223 e. The first-order chi connectivity index (χ1) is 8.17. The number of amides is 1. The van der Waals surface area contributed by atoms with Gasteiger partial charge in [-0.2, -0.15) is 0 Å². The number of carbonyl (C=O) groups excluding carboxylic acids is 1. The molecule has 1 fully saturated rings. The lowest BCUT2D eigenvalue weighted by Gasteiger charge is -2.27. The second-order valence-electron chi connectivity index (χ2n) is 5.26. The van der Waals surface area contributed by atoms with Crippen molar-refractivity contribution in [2.75, 3.05) is 26.8 Å². The lowest BCUT2D eigenvalue weighted by molar-refractivity contribution is -0.126. The van der Waals surface area contributed by atoms with Crippen molar-refractivity contribution in [1.29, 1.82) is 0 Å². The number of nitrogens with one attached hydrogen (secondary N) is 1. The predicted molar refractivity (Wildman–Crippen MR) is 68.6 cm³/mol. The van der Waals surface area contributed by atoms with Crippen molar-refractivity contribution in [2.24, 2.45) is 23.5 Å². The average Bonchev–Trinajstić information content (AvgIpc) is 2.36. The number of hydrogen-bond acceptors (Lipinski definition) is 3. The molecule has 1 atom stereocenters. The van der Waals surface area contributed by atoms with Crippen LogP contribution >= 0.6 is 0 Å². The molecule has 17 heavy (non-hydrogen) atoms. The lowest BCUT2D eigenvalue weighted by Crippen LogP contribution is -2.37. The first-order valence-corrected chi connectivity index (χ1v) is 6.64. The van der Waals surface area contributed by atoms with Crippen LogP contribution in [0.3, 0.4) is 0 Å². The van der Waals surface area contributed by atoms with Gasteiger partial charge in [0.15, 0.2) is 0 Å². The van der Waals surface area contributed by atoms with Gasteiger partial charge in [0.05, 0.1) is 6.61 Å². The van der Waals surface area contributed by atoms with Gasteiger partial charge in [0, 0.05) is 19.6 Å². The second-order valence-corrected chi connectivity index (χ2v) is 5.26. The van der Waals surface area contributed by atoms with E-state index in [2.05, 4.69) is 12.2 Å². The lowest BCUT2D eigenvalue weighted by atomic mass is 9.81. The third-order valence-corrected chi connectivity index (χ3v) is 3.63. The van der Waals surface area contributed by atoms with E-state index >= 15 is 0 Å². The van der Waals surface area contributed by atoms with E-state index in [0.717, 1.165) is 32.2 Å². The SMILES string of the molecule is COCC(C)CNC(=O)C1CCC(CN)CC1. The van der Waals surface area contributed by atoms with Gasteiger partial charge in [-0.25, -0.2) is 0 Å². The normalized spacial score (nSPS) is 26.5. The second kappa shape index (κ2) is 7.67. The van der Waals surface area contributed by atoms with Crippen molar-refractivity contribution >= 4 is 5.91 Å². The van der Waals surface area contributed by atoms with E-state index in [1.165, 1.54) is 0 Å². The maximum Gasteiger partial charge on any atom is 0.223 e. The van der Waals surface area contributed by atoms with Crippen molar-refractivity contribution < 1.29 is 9.53 Å². The Balaban J connectivity index is 2.20. The summed E-state index contributed by atoms with van der Waals surface area (Å²) in [7, 11) is 1.69. The van der Waals surface area contributed by atoms with Gasteiger partial charge in [-0.1, -0.05) is 6.92 Å². The fraction of sp³-hybridized carbons (Fsp3) is 0.923. The third kappa shape index (κ3) is 5.04. The van der Waals surface area contributed by atoms with E-state index in [-0.39, 0.29) is 11.8 Å². The number of rotatable bonds is 6. The molecule has 0 spiro atoms. The first-order valence-electron chi connectivity index (χ1n) is 6.64. The van der Waals surface area contributed by atoms with E-state index in [4.69, 9.17) is 10.5 Å². The Kier molecular flexibility index (Phi) is 6.52. The van der Waals surface area contributed by atoms with Crippen molar-refractivity contribution in [3.63, 3.8) is 0 Å². The van der Waals surface area contributed by atoms with E-state index < -0.39 is 0 Å². The Morgan fingerprint density at radius 1 is 1.41 bits per heavy atom. The highest BCUT2D eigenvalue weighted by molar-refractivity contribution is 5.78. The molecule has 1 saturated carbocycles. The zero-order valence-corrected chi connectivity index (χ0v) is 11.1. The Morgan fingerprint density at radius 2 is 2.06 bits per heavy atom. The number of methoxy groups -OCH3 is 1. The molecule has 1 aliphatic carbocycles. The molecule has 0 saturated heterocycles. The average molecular weight is 242 g/mol. The molecule has 4 heteroatoms. The molecule has 0 heterocycles. The van der Waals surface area contributed by atoms with Gasteiger partial charge >= 0.3 is 0 Å². The van der Waals surface area contributed by atoms with Crippen LogP contribution in [-0.2, 0) is 9.53 Å². The highest BCUT2D eigenvalue weighted by atomic mass is 16.5. The minimum absolute atomic E-state index is 0.201. The summed E-state index contributed by atoms with van der Waals surface area (Å²) >= 11 is 0. The minimum atomic E-state index is 0.201. The van der Waals surface area contributed by atoms with Crippen LogP contribution in [0, 0.1) is 17.8 Å². The van der Waals surface area contributed by atoms with Gasteiger partial charge in [0.1, 0.15) is 0 Å². The van der Waals surface area contributed by atoms with Gasteiger partial charge < -0.3 is 15.8 Å². The van der Waals surface area contributed by atoms with Gasteiger partial charge in [-0.15, -0.1) is 0 Å². The Labute approximate surface area is 104 Å². The zero-order chi connectivity index (χ0) is 12.7. The van der Waals surface area contributed by atoms with Gasteiger partial charge in [0.2, 0.25) is 5.91 Å². The Morgan fingerprint density at radius 3 is 2.59 bits per heavy atom. The summed E-state index contributed by atoms with van der Waals surface area (Å²) in [5.74, 6) is 1.42. The number of carbonyl (C=O) groups is 1. The van der Waals surface area contributed by atoms with Crippen LogP contribution in [0.5, 0.6) is 0 Å². The van der Waals surface area contributed by atoms with Crippen LogP contribution in [0.2, 0.25) is 0 Å². The number of hydrogen-bond donors (Lipinski definition) is 2. The zero-order valence-electron chi connectivity index (χ0n) is 11.1. The summed E-state index contributed by atoms with van der Waals surface area (Å²) in [5, 5.41) is 3.02. The molecule has 1 aliphatic rings. The topological polar surface area (TPSA) is 64.3 Å². The number of ether oxygens (including phenoxy) is 1. The van der Waals surface area contributed by atoms with Crippen molar-refractivity contribution in [3.8, 4) is 0 Å². The molecular formula is C13H26N2O2. The van der Waals surface area contributed by atoms with Crippen LogP contribution < -0.4 is 11.1 Å². The first kappa shape index (κ1) is 14.5. The van der Waals surface area contributed by atoms with Gasteiger partial charge in [-0.05, 0) is 44.1 Å². The third-order valence-electron chi connectivity index (χ3n) is 3.63. The molecule has 3 N–H and O–H groups in total.